The van der Waals surface area contributed by atoms with E-state index in [-0.39, 0.29) is 0 Å². The third-order valence-electron chi connectivity index (χ3n) is 2.23. The van der Waals surface area contributed by atoms with E-state index in [9.17, 15) is 0 Å². The molecule has 0 aromatic heterocycles. The Bertz CT molecular complexity index is 372. The van der Waals surface area contributed by atoms with Crippen molar-refractivity contribution in [1.82, 2.24) is 0 Å². The first kappa shape index (κ1) is 6.66. The summed E-state index contributed by atoms with van der Waals surface area (Å²) in [6.45, 7) is 2.19. The quantitative estimate of drug-likeness (QED) is 0.556. The maximum Gasteiger partial charge on any atom is -0.0151 e. The second-order valence-corrected chi connectivity index (χ2v) is 2.96. The molecule has 1 aromatic carbocycles. The van der Waals surface area contributed by atoms with Gasteiger partial charge in [-0.1, -0.05) is 37.3 Å². The van der Waals surface area contributed by atoms with E-state index >= 15 is 0 Å². The molecule has 0 aliphatic heterocycles. The highest BCUT2D eigenvalue weighted by atomic mass is 14.0. The maximum absolute atomic E-state index is 2.29. The van der Waals surface area contributed by atoms with Gasteiger partial charge in [0.15, 0.2) is 0 Å². The molecule has 0 N–H and O–H groups in total. The molecule has 0 atom stereocenters. The lowest BCUT2D eigenvalue weighted by Crippen LogP contribution is -2.20. The van der Waals surface area contributed by atoms with Crippen LogP contribution in [0.2, 0.25) is 0 Å². The van der Waals surface area contributed by atoms with Crippen molar-refractivity contribution in [3.05, 3.63) is 34.2 Å². The van der Waals surface area contributed by atoms with Crippen LogP contribution >= 0.6 is 0 Å². The topological polar surface area (TPSA) is 0 Å². The summed E-state index contributed by atoms with van der Waals surface area (Å²) in [7, 11) is 0. The zero-order valence-corrected chi connectivity index (χ0v) is 6.80. The molecule has 1 aliphatic rings. The lowest BCUT2D eigenvalue weighted by atomic mass is 10.1. The van der Waals surface area contributed by atoms with Gasteiger partial charge >= 0.3 is 0 Å². The fourth-order valence-electron chi connectivity index (χ4n) is 1.52. The Morgan fingerprint density at radius 1 is 1.18 bits per heavy atom. The minimum absolute atomic E-state index is 1.11. The molecule has 56 valence electrons. The number of rotatable bonds is 1. The highest BCUT2D eigenvalue weighted by Gasteiger charge is 1.93. The summed E-state index contributed by atoms with van der Waals surface area (Å²) in [6, 6.07) is 6.73. The van der Waals surface area contributed by atoms with Gasteiger partial charge in [-0.3, -0.25) is 0 Å². The lowest BCUT2D eigenvalue weighted by Gasteiger charge is -1.93. The average Bonchev–Trinajstić information content (AvgIpc) is 2.50. The Hall–Kier alpha value is -1.04. The monoisotopic (exact) mass is 144 g/mol. The molecule has 0 spiro atoms. The van der Waals surface area contributed by atoms with Crippen molar-refractivity contribution < 1.29 is 0 Å². The van der Waals surface area contributed by atoms with E-state index < -0.39 is 0 Å². The summed E-state index contributed by atoms with van der Waals surface area (Å²) in [4.78, 5) is 0. The minimum atomic E-state index is 1.11. The van der Waals surface area contributed by atoms with Crippen molar-refractivity contribution in [2.24, 2.45) is 0 Å². The largest absolute Gasteiger partial charge is 0.0729 e. The van der Waals surface area contributed by atoms with Gasteiger partial charge in [-0.25, -0.2) is 0 Å². The number of benzene rings is 1. The van der Waals surface area contributed by atoms with Crippen LogP contribution in [0.15, 0.2) is 18.2 Å². The van der Waals surface area contributed by atoms with Crippen LogP contribution in [0, 0.1) is 0 Å². The molecule has 0 nitrogen and oxygen atoms in total. The molecule has 0 amide bonds. The summed E-state index contributed by atoms with van der Waals surface area (Å²) >= 11 is 0. The van der Waals surface area contributed by atoms with Crippen LogP contribution in [-0.4, -0.2) is 0 Å². The second kappa shape index (κ2) is 2.54. The van der Waals surface area contributed by atoms with E-state index in [0.717, 1.165) is 12.8 Å². The minimum Gasteiger partial charge on any atom is -0.0729 e. The van der Waals surface area contributed by atoms with Crippen LogP contribution in [0.4, 0.5) is 0 Å². The zero-order chi connectivity index (χ0) is 7.68. The first-order valence-electron chi connectivity index (χ1n) is 4.19. The highest BCUT2D eigenvalue weighted by molar-refractivity contribution is 5.46. The summed E-state index contributed by atoms with van der Waals surface area (Å²) in [5, 5.41) is 2.83. The molecule has 0 heterocycles. The SMILES string of the molecule is CCc1ccc2c(c1)=CCC=2. The fraction of sp³-hybridized carbons (Fsp3) is 0.273. The zero-order valence-electron chi connectivity index (χ0n) is 6.80. The van der Waals surface area contributed by atoms with E-state index in [2.05, 4.69) is 37.3 Å². The molecule has 0 heteroatoms. The molecule has 1 aromatic rings. The average molecular weight is 144 g/mol. The van der Waals surface area contributed by atoms with Crippen LogP contribution in [0.1, 0.15) is 18.9 Å². The van der Waals surface area contributed by atoms with Crippen LogP contribution in [0.25, 0.3) is 12.2 Å². The van der Waals surface area contributed by atoms with Crippen molar-refractivity contribution in [1.29, 1.82) is 0 Å². The number of aryl methyl sites for hydroxylation is 1. The molecule has 0 bridgehead atoms. The summed E-state index contributed by atoms with van der Waals surface area (Å²) in [5.41, 5.74) is 1.44. The third-order valence-corrected chi connectivity index (χ3v) is 2.23. The maximum atomic E-state index is 2.29. The molecule has 0 fully saturated rings. The van der Waals surface area contributed by atoms with Crippen LogP contribution < -0.4 is 10.4 Å². The van der Waals surface area contributed by atoms with Crippen molar-refractivity contribution in [2.75, 3.05) is 0 Å². The van der Waals surface area contributed by atoms with E-state index in [1.54, 1.807) is 0 Å². The molecular weight excluding hydrogens is 132 g/mol. The summed E-state index contributed by atoms with van der Waals surface area (Å²) < 4.78 is 0. The van der Waals surface area contributed by atoms with Gasteiger partial charge in [0.2, 0.25) is 0 Å². The molecule has 0 unspecified atom stereocenters. The Labute approximate surface area is 66.9 Å². The van der Waals surface area contributed by atoms with Crippen molar-refractivity contribution >= 4 is 12.2 Å². The normalized spacial score (nSPS) is 13.5. The van der Waals surface area contributed by atoms with E-state index in [1.807, 2.05) is 0 Å². The van der Waals surface area contributed by atoms with E-state index in [4.69, 9.17) is 0 Å². The lowest BCUT2D eigenvalue weighted by molar-refractivity contribution is 1.13. The van der Waals surface area contributed by atoms with Gasteiger partial charge in [-0.05, 0) is 28.8 Å². The van der Waals surface area contributed by atoms with E-state index in [1.165, 1.54) is 16.0 Å². The van der Waals surface area contributed by atoms with Crippen LogP contribution in [0.5, 0.6) is 0 Å². The molecule has 0 saturated heterocycles. The van der Waals surface area contributed by atoms with Gasteiger partial charge in [0.1, 0.15) is 0 Å². The second-order valence-electron chi connectivity index (χ2n) is 2.96. The third kappa shape index (κ3) is 1.09. The Balaban J connectivity index is 2.69. The molecule has 2 rings (SSSR count). The Kier molecular flexibility index (Phi) is 1.54. The van der Waals surface area contributed by atoms with Gasteiger partial charge in [0.25, 0.3) is 0 Å². The predicted molar refractivity (Wildman–Crippen MR) is 48.6 cm³/mol. The van der Waals surface area contributed by atoms with Crippen LogP contribution in [-0.2, 0) is 6.42 Å². The molecular formula is C11H12. The predicted octanol–water partition coefficient (Wildman–Crippen LogP) is 1.21. The van der Waals surface area contributed by atoms with Crippen molar-refractivity contribution in [2.45, 2.75) is 19.8 Å². The van der Waals surface area contributed by atoms with Crippen LogP contribution in [0.3, 0.4) is 0 Å². The number of hydrogen-bond donors (Lipinski definition) is 0. The highest BCUT2D eigenvalue weighted by Crippen LogP contribution is 1.95. The van der Waals surface area contributed by atoms with Crippen molar-refractivity contribution in [3.63, 3.8) is 0 Å². The van der Waals surface area contributed by atoms with Gasteiger partial charge in [0, 0.05) is 0 Å². The fourth-order valence-corrected chi connectivity index (χ4v) is 1.52. The summed E-state index contributed by atoms with van der Waals surface area (Å²) in [5.74, 6) is 0. The van der Waals surface area contributed by atoms with Gasteiger partial charge < -0.3 is 0 Å². The first-order valence-corrected chi connectivity index (χ1v) is 4.19. The number of hydrogen-bond acceptors (Lipinski definition) is 0. The molecule has 0 radical (unpaired) electrons. The molecule has 1 aliphatic carbocycles. The molecule has 0 saturated carbocycles. The Morgan fingerprint density at radius 2 is 2.00 bits per heavy atom. The Morgan fingerprint density at radius 3 is 2.82 bits per heavy atom. The van der Waals surface area contributed by atoms with Gasteiger partial charge in [-0.2, -0.15) is 0 Å². The number of fused-ring (bicyclic) bond motifs is 1. The van der Waals surface area contributed by atoms with Gasteiger partial charge in [0.05, 0.1) is 0 Å². The smallest absolute Gasteiger partial charge is 0.0151 e. The van der Waals surface area contributed by atoms with E-state index in [0.29, 0.717) is 0 Å². The standard InChI is InChI=1S/C11H12/c1-2-9-6-7-10-4-3-5-11(10)8-9/h4-8H,2-3H2,1H3. The van der Waals surface area contributed by atoms with Gasteiger partial charge in [-0.15, -0.1) is 0 Å². The first-order chi connectivity index (χ1) is 5.40. The van der Waals surface area contributed by atoms with Crippen molar-refractivity contribution in [3.8, 4) is 0 Å². The molecule has 11 heavy (non-hydrogen) atoms. The summed E-state index contributed by atoms with van der Waals surface area (Å²) in [6.07, 6.45) is 6.81.